The van der Waals surface area contributed by atoms with Crippen LogP contribution in [0, 0.1) is 0 Å². The molecule has 1 aliphatic heterocycles. The van der Waals surface area contributed by atoms with Crippen molar-refractivity contribution in [3.8, 4) is 5.75 Å². The van der Waals surface area contributed by atoms with Crippen molar-refractivity contribution in [3.63, 3.8) is 0 Å². The number of nitrogens with zero attached hydrogens (tertiary/aromatic N) is 1. The second-order valence-electron chi connectivity index (χ2n) is 14.6. The summed E-state index contributed by atoms with van der Waals surface area (Å²) in [5.74, 6) is -1.03. The second-order valence-corrected chi connectivity index (χ2v) is 16.3. The molecular formula is C36H51N4O8P. The fourth-order valence-corrected chi connectivity index (χ4v) is 6.94. The third-order valence-electron chi connectivity index (χ3n) is 8.07. The number of fused-ring (bicyclic) bond motifs is 1. The molecule has 1 aromatic heterocycles. The lowest BCUT2D eigenvalue weighted by Crippen LogP contribution is -2.39. The number of hydrogen-bond acceptors (Lipinski definition) is 9. The minimum absolute atomic E-state index is 0.0511. The van der Waals surface area contributed by atoms with Crippen LogP contribution in [0.3, 0.4) is 0 Å². The summed E-state index contributed by atoms with van der Waals surface area (Å²) in [6, 6.07) is 9.49. The van der Waals surface area contributed by atoms with Gasteiger partial charge >= 0.3 is 13.7 Å². The summed E-state index contributed by atoms with van der Waals surface area (Å²) >= 11 is 0. The number of benzene rings is 2. The number of aromatic amines is 1. The van der Waals surface area contributed by atoms with E-state index in [1.54, 1.807) is 44.2 Å². The summed E-state index contributed by atoms with van der Waals surface area (Å²) in [7, 11) is -4.24. The van der Waals surface area contributed by atoms with Crippen molar-refractivity contribution in [2.24, 2.45) is 0 Å². The number of aromatic nitrogens is 1. The lowest BCUT2D eigenvalue weighted by Gasteiger charge is -2.32. The number of carbonyl (C=O) groups excluding carboxylic acids is 2. The zero-order valence-electron chi connectivity index (χ0n) is 30.1. The number of anilines is 1. The van der Waals surface area contributed by atoms with Crippen LogP contribution in [-0.4, -0.2) is 73.4 Å². The number of ether oxygens (including phenoxy) is 2. The Morgan fingerprint density at radius 1 is 1.00 bits per heavy atom. The second kappa shape index (κ2) is 15.6. The average molecular weight is 699 g/mol. The van der Waals surface area contributed by atoms with Gasteiger partial charge < -0.3 is 24.3 Å². The highest BCUT2D eigenvalue weighted by atomic mass is 31.2. The summed E-state index contributed by atoms with van der Waals surface area (Å²) in [4.78, 5) is 45.0. The first-order valence-electron chi connectivity index (χ1n) is 16.7. The molecule has 0 unspecified atom stereocenters. The number of hydrogen-bond donors (Lipinski definition) is 3. The molecule has 0 radical (unpaired) electrons. The van der Waals surface area contributed by atoms with Gasteiger partial charge in [-0.2, -0.15) is 5.09 Å². The molecule has 12 nitrogen and oxygen atoms in total. The first kappa shape index (κ1) is 38.3. The van der Waals surface area contributed by atoms with Crippen LogP contribution >= 0.6 is 7.75 Å². The smallest absolute Gasteiger partial charge is 0.459 e. The Labute approximate surface area is 288 Å². The Balaban J connectivity index is 1.75. The minimum atomic E-state index is -4.24. The van der Waals surface area contributed by atoms with Crippen LogP contribution in [0.15, 0.2) is 47.4 Å². The van der Waals surface area contributed by atoms with E-state index in [1.165, 1.54) is 13.1 Å². The highest BCUT2D eigenvalue weighted by Crippen LogP contribution is 2.50. The molecule has 4 rings (SSSR count). The SMILES string of the molecule is CC(C)OC(=O)[C@H](C)N[P@@](=O)(OCCN1CCOCC1)Oc1cc(NC(=O)c2c[nH]c3ccccc3c2=O)c(C(C)(C)C)cc1C(C)(C)C. The van der Waals surface area contributed by atoms with Crippen molar-refractivity contribution in [2.45, 2.75) is 85.3 Å². The van der Waals surface area contributed by atoms with Crippen LogP contribution in [0.1, 0.15) is 83.8 Å². The Morgan fingerprint density at radius 2 is 1.65 bits per heavy atom. The van der Waals surface area contributed by atoms with E-state index in [-0.39, 0.29) is 24.0 Å². The van der Waals surface area contributed by atoms with Gasteiger partial charge in [-0.25, -0.2) is 4.57 Å². The zero-order valence-corrected chi connectivity index (χ0v) is 31.0. The molecule has 1 amide bonds. The number of pyridine rings is 1. The standard InChI is InChI=1S/C36H51N4O8P/c1-23(2)47-34(43)24(3)39-49(44,46-19-16-40-14-17-45-18-15-40)48-31-21-30(27(35(4,5)6)20-28(31)36(7,8)9)38-33(42)26-22-37-29-13-11-10-12-25(29)32(26)41/h10-13,20-24H,14-19H2,1-9H3,(H,37,41)(H,38,42)(H,39,44)/t24-,49+/m0/s1. The minimum Gasteiger partial charge on any atom is -0.462 e. The fourth-order valence-electron chi connectivity index (χ4n) is 5.45. The molecule has 2 atom stereocenters. The number of rotatable bonds is 12. The van der Waals surface area contributed by atoms with Crippen molar-refractivity contribution in [1.29, 1.82) is 0 Å². The van der Waals surface area contributed by atoms with Gasteiger partial charge in [-0.1, -0.05) is 53.7 Å². The van der Waals surface area contributed by atoms with Crippen molar-refractivity contribution in [2.75, 3.05) is 44.8 Å². The average Bonchev–Trinajstić information content (AvgIpc) is 3.00. The van der Waals surface area contributed by atoms with Gasteiger partial charge in [0.1, 0.15) is 17.4 Å². The molecule has 2 heterocycles. The topological polar surface area (TPSA) is 148 Å². The number of carbonyl (C=O) groups is 2. The molecule has 0 bridgehead atoms. The molecule has 3 aromatic rings. The number of amides is 1. The predicted octanol–water partition coefficient (Wildman–Crippen LogP) is 6.14. The molecule has 0 saturated carbocycles. The molecular weight excluding hydrogens is 647 g/mol. The largest absolute Gasteiger partial charge is 0.462 e. The maximum atomic E-state index is 14.6. The lowest BCUT2D eigenvalue weighted by atomic mass is 9.79. The van der Waals surface area contributed by atoms with E-state index in [2.05, 4.69) is 20.3 Å². The van der Waals surface area contributed by atoms with E-state index < -0.39 is 41.9 Å². The molecule has 0 spiro atoms. The molecule has 3 N–H and O–H groups in total. The van der Waals surface area contributed by atoms with Crippen LogP contribution < -0.4 is 20.4 Å². The number of H-pyrrole nitrogens is 1. The molecule has 49 heavy (non-hydrogen) atoms. The molecule has 13 heteroatoms. The summed E-state index contributed by atoms with van der Waals surface area (Å²) in [6.45, 7) is 20.2. The summed E-state index contributed by atoms with van der Waals surface area (Å²) in [5.41, 5.74) is 1.05. The monoisotopic (exact) mass is 698 g/mol. The van der Waals surface area contributed by atoms with E-state index in [0.29, 0.717) is 55.0 Å². The van der Waals surface area contributed by atoms with Gasteiger partial charge in [0.25, 0.3) is 5.91 Å². The normalized spacial score (nSPS) is 16.3. The maximum absolute atomic E-state index is 14.6. The van der Waals surface area contributed by atoms with Gasteiger partial charge in [-0.3, -0.25) is 23.8 Å². The van der Waals surface area contributed by atoms with Crippen molar-refractivity contribution in [3.05, 3.63) is 69.5 Å². The number of esters is 1. The molecule has 1 saturated heterocycles. The molecule has 268 valence electrons. The first-order chi connectivity index (χ1) is 22.9. The molecule has 1 fully saturated rings. The van der Waals surface area contributed by atoms with Gasteiger partial charge in [0.05, 0.1) is 25.9 Å². The van der Waals surface area contributed by atoms with Crippen LogP contribution in [0.25, 0.3) is 10.9 Å². The summed E-state index contributed by atoms with van der Waals surface area (Å²) < 4.78 is 37.6. The van der Waals surface area contributed by atoms with Crippen LogP contribution in [0.5, 0.6) is 5.75 Å². The zero-order chi connectivity index (χ0) is 36.1. The van der Waals surface area contributed by atoms with Gasteiger partial charge in [0.15, 0.2) is 0 Å². The van der Waals surface area contributed by atoms with Gasteiger partial charge in [0.2, 0.25) is 5.43 Å². The lowest BCUT2D eigenvalue weighted by molar-refractivity contribution is -0.149. The van der Waals surface area contributed by atoms with E-state index >= 15 is 0 Å². The Hall–Kier alpha value is -3.54. The van der Waals surface area contributed by atoms with Crippen molar-refractivity contribution >= 4 is 36.2 Å². The quantitative estimate of drug-likeness (QED) is 0.149. The highest BCUT2D eigenvalue weighted by Gasteiger charge is 2.36. The third kappa shape index (κ3) is 10.0. The van der Waals surface area contributed by atoms with Crippen LogP contribution in [0.2, 0.25) is 0 Å². The predicted molar refractivity (Wildman–Crippen MR) is 192 cm³/mol. The molecule has 2 aromatic carbocycles. The number of para-hydroxylation sites is 1. The van der Waals surface area contributed by atoms with E-state index in [1.807, 2.05) is 47.6 Å². The summed E-state index contributed by atoms with van der Waals surface area (Å²) in [5, 5.41) is 6.10. The van der Waals surface area contributed by atoms with Gasteiger partial charge in [0, 0.05) is 54.1 Å². The fraction of sp³-hybridized carbons (Fsp3) is 0.528. The number of morpholine rings is 1. The maximum Gasteiger partial charge on any atom is 0.459 e. The number of nitrogens with one attached hydrogen (secondary N) is 3. The Morgan fingerprint density at radius 3 is 2.29 bits per heavy atom. The van der Waals surface area contributed by atoms with Crippen LogP contribution in [-0.2, 0) is 34.2 Å². The Bertz CT molecular complexity index is 1750. The van der Waals surface area contributed by atoms with E-state index in [4.69, 9.17) is 18.5 Å². The molecule has 0 aliphatic carbocycles. The van der Waals surface area contributed by atoms with Crippen molar-refractivity contribution in [1.82, 2.24) is 15.0 Å². The first-order valence-corrected chi connectivity index (χ1v) is 18.3. The summed E-state index contributed by atoms with van der Waals surface area (Å²) in [6.07, 6.45) is 1.02. The van der Waals surface area contributed by atoms with Crippen LogP contribution in [0.4, 0.5) is 5.69 Å². The van der Waals surface area contributed by atoms with Gasteiger partial charge in [-0.05, 0) is 55.4 Å². The highest BCUT2D eigenvalue weighted by molar-refractivity contribution is 7.52. The van der Waals surface area contributed by atoms with Crippen molar-refractivity contribution < 1.29 is 32.7 Å². The third-order valence-corrected chi connectivity index (χ3v) is 9.73. The Kier molecular flexibility index (Phi) is 12.2. The van der Waals surface area contributed by atoms with E-state index in [9.17, 15) is 18.9 Å². The van der Waals surface area contributed by atoms with E-state index in [0.717, 1.165) is 5.56 Å². The molecule has 1 aliphatic rings. The van der Waals surface area contributed by atoms with Gasteiger partial charge in [-0.15, -0.1) is 0 Å².